The van der Waals surface area contributed by atoms with Crippen molar-refractivity contribution < 1.29 is 15.0 Å². The van der Waals surface area contributed by atoms with Crippen molar-refractivity contribution in [3.8, 4) is 5.75 Å². The maximum absolute atomic E-state index is 11.1. The summed E-state index contributed by atoms with van der Waals surface area (Å²) in [6.45, 7) is 0. The quantitative estimate of drug-likeness (QED) is 0.735. The van der Waals surface area contributed by atoms with E-state index >= 15 is 0 Å². The number of carboxylic acid groups (broad SMARTS) is 1. The van der Waals surface area contributed by atoms with Gasteiger partial charge in [-0.25, -0.2) is 4.79 Å². The number of aromatic carboxylic acids is 1. The van der Waals surface area contributed by atoms with Gasteiger partial charge in [-0.05, 0) is 48.2 Å². The van der Waals surface area contributed by atoms with Crippen molar-refractivity contribution in [2.75, 3.05) is 5.73 Å². The van der Waals surface area contributed by atoms with E-state index in [0.717, 1.165) is 5.56 Å². The third-order valence-electron chi connectivity index (χ3n) is 3.01. The van der Waals surface area contributed by atoms with Crippen LogP contribution in [0.5, 0.6) is 5.75 Å². The zero-order chi connectivity index (χ0) is 13.8. The second-order valence-corrected chi connectivity index (χ2v) is 4.35. The van der Waals surface area contributed by atoms with Gasteiger partial charge in [-0.3, -0.25) is 0 Å². The topological polar surface area (TPSA) is 83.6 Å². The highest BCUT2D eigenvalue weighted by Gasteiger charge is 2.11. The first-order chi connectivity index (χ1) is 9.08. The molecule has 0 saturated carbocycles. The summed E-state index contributed by atoms with van der Waals surface area (Å²) in [7, 11) is 0. The van der Waals surface area contributed by atoms with Crippen LogP contribution in [0.4, 0.5) is 5.69 Å². The van der Waals surface area contributed by atoms with E-state index in [2.05, 4.69) is 0 Å². The van der Waals surface area contributed by atoms with Gasteiger partial charge in [-0.2, -0.15) is 0 Å². The molecule has 4 nitrogen and oxygen atoms in total. The molecule has 0 atom stereocenters. The minimum absolute atomic E-state index is 0.225. The maximum atomic E-state index is 11.1. The number of hydrogen-bond donors (Lipinski definition) is 3. The Labute approximate surface area is 111 Å². The molecule has 0 saturated heterocycles. The first-order valence-electron chi connectivity index (χ1n) is 5.96. The third kappa shape index (κ3) is 3.04. The molecule has 0 fully saturated rings. The Morgan fingerprint density at radius 3 is 2.42 bits per heavy atom. The summed E-state index contributed by atoms with van der Waals surface area (Å²) >= 11 is 0. The fourth-order valence-electron chi connectivity index (χ4n) is 2.02. The Hall–Kier alpha value is -2.49. The molecule has 0 aliphatic carbocycles. The second kappa shape index (κ2) is 5.44. The Morgan fingerprint density at radius 2 is 1.74 bits per heavy atom. The molecule has 4 heteroatoms. The molecule has 0 aliphatic heterocycles. The van der Waals surface area contributed by atoms with Crippen LogP contribution in [-0.2, 0) is 12.8 Å². The highest BCUT2D eigenvalue weighted by Crippen LogP contribution is 2.20. The van der Waals surface area contributed by atoms with Crippen molar-refractivity contribution in [2.45, 2.75) is 12.8 Å². The van der Waals surface area contributed by atoms with Crippen LogP contribution < -0.4 is 5.73 Å². The van der Waals surface area contributed by atoms with Crippen LogP contribution in [0.3, 0.4) is 0 Å². The molecule has 0 spiro atoms. The molecule has 0 heterocycles. The van der Waals surface area contributed by atoms with Crippen molar-refractivity contribution in [1.29, 1.82) is 0 Å². The lowest BCUT2D eigenvalue weighted by molar-refractivity contribution is 0.0695. The minimum Gasteiger partial charge on any atom is -0.508 e. The molecule has 2 aromatic rings. The molecule has 98 valence electrons. The molecule has 0 aliphatic rings. The SMILES string of the molecule is Nc1ccc(C(=O)O)c(CCc2ccccc2O)c1. The fraction of sp³-hybridized carbons (Fsp3) is 0.133. The van der Waals surface area contributed by atoms with Gasteiger partial charge in [0.25, 0.3) is 0 Å². The highest BCUT2D eigenvalue weighted by molar-refractivity contribution is 5.90. The number of nitrogen functional groups attached to an aromatic ring is 1. The van der Waals surface area contributed by atoms with E-state index in [-0.39, 0.29) is 11.3 Å². The average molecular weight is 257 g/mol. The summed E-state index contributed by atoms with van der Waals surface area (Å²) in [5, 5.41) is 18.8. The number of anilines is 1. The first-order valence-corrected chi connectivity index (χ1v) is 5.96. The van der Waals surface area contributed by atoms with Crippen LogP contribution >= 0.6 is 0 Å². The van der Waals surface area contributed by atoms with E-state index in [1.54, 1.807) is 24.3 Å². The van der Waals surface area contributed by atoms with Crippen molar-refractivity contribution in [2.24, 2.45) is 0 Å². The normalized spacial score (nSPS) is 10.3. The summed E-state index contributed by atoms with van der Waals surface area (Å²) in [5.41, 5.74) is 7.95. The van der Waals surface area contributed by atoms with Gasteiger partial charge in [0.05, 0.1) is 5.56 Å². The predicted octanol–water partition coefficient (Wildman–Crippen LogP) is 2.46. The van der Waals surface area contributed by atoms with Crippen LogP contribution in [0.25, 0.3) is 0 Å². The Kier molecular flexibility index (Phi) is 3.71. The molecule has 4 N–H and O–H groups in total. The van der Waals surface area contributed by atoms with E-state index in [1.807, 2.05) is 12.1 Å². The molecular weight excluding hydrogens is 242 g/mol. The van der Waals surface area contributed by atoms with Gasteiger partial charge in [-0.1, -0.05) is 18.2 Å². The van der Waals surface area contributed by atoms with Crippen LogP contribution in [0.2, 0.25) is 0 Å². The molecule has 0 aromatic heterocycles. The standard InChI is InChI=1S/C15H15NO3/c16-12-7-8-13(15(18)19)11(9-12)6-5-10-3-1-2-4-14(10)17/h1-4,7-9,17H,5-6,16H2,(H,18,19). The number of hydrogen-bond acceptors (Lipinski definition) is 3. The van der Waals surface area contributed by atoms with Crippen molar-refractivity contribution in [3.05, 3.63) is 59.2 Å². The lowest BCUT2D eigenvalue weighted by atomic mass is 9.99. The number of carboxylic acids is 1. The smallest absolute Gasteiger partial charge is 0.335 e. The Morgan fingerprint density at radius 1 is 1.05 bits per heavy atom. The van der Waals surface area contributed by atoms with Gasteiger partial charge in [0.1, 0.15) is 5.75 Å². The van der Waals surface area contributed by atoms with E-state index in [1.165, 1.54) is 6.07 Å². The van der Waals surface area contributed by atoms with Crippen LogP contribution in [0.1, 0.15) is 21.5 Å². The van der Waals surface area contributed by atoms with E-state index < -0.39 is 5.97 Å². The van der Waals surface area contributed by atoms with Crippen molar-refractivity contribution in [3.63, 3.8) is 0 Å². The summed E-state index contributed by atoms with van der Waals surface area (Å²) in [4.78, 5) is 11.1. The fourth-order valence-corrected chi connectivity index (χ4v) is 2.02. The monoisotopic (exact) mass is 257 g/mol. The minimum atomic E-state index is -0.965. The van der Waals surface area contributed by atoms with Gasteiger partial charge in [0.15, 0.2) is 0 Å². The number of para-hydroxylation sites is 1. The number of carbonyl (C=O) groups is 1. The molecule has 19 heavy (non-hydrogen) atoms. The lowest BCUT2D eigenvalue weighted by Crippen LogP contribution is -2.05. The van der Waals surface area contributed by atoms with E-state index in [9.17, 15) is 9.90 Å². The molecular formula is C15H15NO3. The van der Waals surface area contributed by atoms with Crippen LogP contribution in [0, 0.1) is 0 Å². The zero-order valence-electron chi connectivity index (χ0n) is 10.3. The molecule has 2 rings (SSSR count). The summed E-state index contributed by atoms with van der Waals surface area (Å²) in [6.07, 6.45) is 1.08. The highest BCUT2D eigenvalue weighted by atomic mass is 16.4. The molecule has 0 amide bonds. The maximum Gasteiger partial charge on any atom is 0.335 e. The van der Waals surface area contributed by atoms with Gasteiger partial charge in [0, 0.05) is 5.69 Å². The second-order valence-electron chi connectivity index (χ2n) is 4.35. The van der Waals surface area contributed by atoms with Crippen LogP contribution in [0.15, 0.2) is 42.5 Å². The number of phenols is 1. The van der Waals surface area contributed by atoms with Gasteiger partial charge < -0.3 is 15.9 Å². The number of aromatic hydroxyl groups is 1. The molecule has 0 radical (unpaired) electrons. The number of aryl methyl sites for hydroxylation is 2. The number of phenolic OH excluding ortho intramolecular Hbond substituents is 1. The lowest BCUT2D eigenvalue weighted by Gasteiger charge is -2.08. The predicted molar refractivity (Wildman–Crippen MR) is 73.3 cm³/mol. The first kappa shape index (κ1) is 13.0. The van der Waals surface area contributed by atoms with Gasteiger partial charge in [-0.15, -0.1) is 0 Å². The van der Waals surface area contributed by atoms with Crippen LogP contribution in [-0.4, -0.2) is 16.2 Å². The number of rotatable bonds is 4. The molecule has 0 unspecified atom stereocenters. The van der Waals surface area contributed by atoms with E-state index in [4.69, 9.17) is 10.8 Å². The van der Waals surface area contributed by atoms with Gasteiger partial charge >= 0.3 is 5.97 Å². The molecule has 0 bridgehead atoms. The molecule has 2 aromatic carbocycles. The van der Waals surface area contributed by atoms with Gasteiger partial charge in [0.2, 0.25) is 0 Å². The summed E-state index contributed by atoms with van der Waals surface area (Å²) in [6, 6.07) is 11.8. The third-order valence-corrected chi connectivity index (χ3v) is 3.01. The Bertz CT molecular complexity index is 608. The zero-order valence-corrected chi connectivity index (χ0v) is 10.3. The number of benzene rings is 2. The summed E-state index contributed by atoms with van der Waals surface area (Å²) in [5.74, 6) is -0.740. The summed E-state index contributed by atoms with van der Waals surface area (Å²) < 4.78 is 0. The Balaban J connectivity index is 2.22. The number of nitrogens with two attached hydrogens (primary N) is 1. The average Bonchev–Trinajstić information content (AvgIpc) is 2.37. The largest absolute Gasteiger partial charge is 0.508 e. The van der Waals surface area contributed by atoms with Crippen molar-refractivity contribution in [1.82, 2.24) is 0 Å². The van der Waals surface area contributed by atoms with E-state index in [0.29, 0.717) is 24.1 Å². The van der Waals surface area contributed by atoms with Crippen molar-refractivity contribution >= 4 is 11.7 Å².